The highest BCUT2D eigenvalue weighted by molar-refractivity contribution is 5.97. The number of rotatable bonds is 5. The van der Waals surface area contributed by atoms with Crippen LogP contribution in [0.5, 0.6) is 5.75 Å². The number of methoxy groups -OCH3 is 1. The average Bonchev–Trinajstić information content (AvgIpc) is 2.37. The molecule has 0 radical (unpaired) electrons. The monoisotopic (exact) mass is 273 g/mol. The second kappa shape index (κ2) is 6.12. The van der Waals surface area contributed by atoms with Gasteiger partial charge in [-0.05, 0) is 12.1 Å². The van der Waals surface area contributed by atoms with Gasteiger partial charge in [0.15, 0.2) is 11.6 Å². The molecule has 0 fully saturated rings. The number of carbonyl (C=O) groups is 2. The maximum Gasteiger partial charge on any atom is 0.308 e. The van der Waals surface area contributed by atoms with Gasteiger partial charge in [0.25, 0.3) is 5.91 Å². The summed E-state index contributed by atoms with van der Waals surface area (Å²) in [4.78, 5) is 22.3. The van der Waals surface area contributed by atoms with E-state index in [1.54, 1.807) is 0 Å². The summed E-state index contributed by atoms with van der Waals surface area (Å²) in [6.07, 6.45) is 0. The van der Waals surface area contributed by atoms with Crippen LogP contribution in [0.3, 0.4) is 0 Å². The lowest BCUT2D eigenvalue weighted by molar-refractivity contribution is -0.140. The molecule has 0 heterocycles. The highest BCUT2D eigenvalue weighted by Gasteiger charge is 2.22. The van der Waals surface area contributed by atoms with E-state index in [4.69, 9.17) is 5.11 Å². The van der Waals surface area contributed by atoms with Crippen molar-refractivity contribution in [2.24, 2.45) is 5.92 Å². The molecule has 0 aliphatic carbocycles. The lowest BCUT2D eigenvalue weighted by atomic mass is 10.1. The van der Waals surface area contributed by atoms with E-state index in [-0.39, 0.29) is 6.54 Å². The molecule has 1 atom stereocenters. The number of carbonyl (C=O) groups excluding carboxylic acids is 1. The Morgan fingerprint density at radius 3 is 2.47 bits per heavy atom. The number of carboxylic acids is 1. The Morgan fingerprint density at radius 2 is 1.95 bits per heavy atom. The van der Waals surface area contributed by atoms with Crippen molar-refractivity contribution in [3.8, 4) is 5.75 Å². The minimum atomic E-state index is -1.10. The van der Waals surface area contributed by atoms with E-state index in [2.05, 4.69) is 10.1 Å². The molecule has 1 aromatic rings. The van der Waals surface area contributed by atoms with Crippen LogP contribution in [0.15, 0.2) is 12.1 Å². The standard InChI is InChI=1S/C12H13F2NO4/c1-6(12(17)18)5-15-11(16)9-7(13)3-4-8(14)10(9)19-2/h3-4,6H,5H2,1-2H3,(H,15,16)(H,17,18). The van der Waals surface area contributed by atoms with Crippen molar-refractivity contribution in [3.05, 3.63) is 29.3 Å². The van der Waals surface area contributed by atoms with E-state index in [1.165, 1.54) is 6.92 Å². The van der Waals surface area contributed by atoms with Crippen molar-refractivity contribution in [1.82, 2.24) is 5.32 Å². The molecule has 1 aromatic carbocycles. The number of halogens is 2. The molecule has 0 bridgehead atoms. The Balaban J connectivity index is 2.94. The lowest BCUT2D eigenvalue weighted by Gasteiger charge is -2.12. The zero-order valence-corrected chi connectivity index (χ0v) is 10.4. The summed E-state index contributed by atoms with van der Waals surface area (Å²) in [6, 6.07) is 1.64. The number of ether oxygens (including phenoxy) is 1. The summed E-state index contributed by atoms with van der Waals surface area (Å²) in [5.74, 6) is -5.21. The number of benzene rings is 1. The Kier molecular flexibility index (Phi) is 4.80. The molecule has 0 aromatic heterocycles. The summed E-state index contributed by atoms with van der Waals surface area (Å²) < 4.78 is 31.5. The normalized spacial score (nSPS) is 11.8. The van der Waals surface area contributed by atoms with Crippen molar-refractivity contribution >= 4 is 11.9 Å². The van der Waals surface area contributed by atoms with E-state index in [1.807, 2.05) is 0 Å². The van der Waals surface area contributed by atoms with Gasteiger partial charge in [-0.2, -0.15) is 0 Å². The van der Waals surface area contributed by atoms with Crippen molar-refractivity contribution < 1.29 is 28.2 Å². The molecular formula is C12H13F2NO4. The predicted octanol–water partition coefficient (Wildman–Crippen LogP) is 1.42. The van der Waals surface area contributed by atoms with E-state index in [0.717, 1.165) is 19.2 Å². The minimum absolute atomic E-state index is 0.201. The number of nitrogens with one attached hydrogen (secondary N) is 1. The first-order valence-corrected chi connectivity index (χ1v) is 5.41. The maximum absolute atomic E-state index is 13.5. The largest absolute Gasteiger partial charge is 0.493 e. The van der Waals surface area contributed by atoms with Crippen LogP contribution in [-0.4, -0.2) is 30.6 Å². The van der Waals surface area contributed by atoms with Gasteiger partial charge in [0.2, 0.25) is 0 Å². The number of amides is 1. The Bertz CT molecular complexity index is 505. The fraction of sp³-hybridized carbons (Fsp3) is 0.333. The first-order chi connectivity index (χ1) is 8.88. The first kappa shape index (κ1) is 14.9. The lowest BCUT2D eigenvalue weighted by Crippen LogP contribution is -2.32. The molecule has 0 aliphatic heterocycles. The van der Waals surface area contributed by atoms with Crippen LogP contribution in [0.1, 0.15) is 17.3 Å². The fourth-order valence-electron chi connectivity index (χ4n) is 1.37. The number of carboxylic acid groups (broad SMARTS) is 1. The molecule has 1 unspecified atom stereocenters. The highest BCUT2D eigenvalue weighted by Crippen LogP contribution is 2.25. The zero-order chi connectivity index (χ0) is 14.6. The average molecular weight is 273 g/mol. The van der Waals surface area contributed by atoms with Gasteiger partial charge in [-0.3, -0.25) is 9.59 Å². The van der Waals surface area contributed by atoms with Gasteiger partial charge in [-0.1, -0.05) is 6.92 Å². The minimum Gasteiger partial charge on any atom is -0.493 e. The molecular weight excluding hydrogens is 260 g/mol. The molecule has 7 heteroatoms. The Morgan fingerprint density at radius 1 is 1.37 bits per heavy atom. The quantitative estimate of drug-likeness (QED) is 0.850. The number of hydrogen-bond donors (Lipinski definition) is 2. The highest BCUT2D eigenvalue weighted by atomic mass is 19.1. The third-order valence-corrected chi connectivity index (χ3v) is 2.48. The van der Waals surface area contributed by atoms with Gasteiger partial charge in [-0.15, -0.1) is 0 Å². The Hall–Kier alpha value is -2.18. The van der Waals surface area contributed by atoms with Gasteiger partial charge in [-0.25, -0.2) is 8.78 Å². The molecule has 1 rings (SSSR count). The summed E-state index contributed by atoms with van der Waals surface area (Å²) in [7, 11) is 1.11. The molecule has 2 N–H and O–H groups in total. The van der Waals surface area contributed by atoms with E-state index < -0.39 is 40.7 Å². The van der Waals surface area contributed by atoms with Crippen LogP contribution in [0, 0.1) is 17.6 Å². The van der Waals surface area contributed by atoms with Gasteiger partial charge in [0.05, 0.1) is 13.0 Å². The fourth-order valence-corrected chi connectivity index (χ4v) is 1.37. The van der Waals surface area contributed by atoms with Crippen LogP contribution in [0.2, 0.25) is 0 Å². The summed E-state index contributed by atoms with van der Waals surface area (Å²) in [5, 5.41) is 10.9. The van der Waals surface area contributed by atoms with E-state index in [0.29, 0.717) is 0 Å². The van der Waals surface area contributed by atoms with Crippen LogP contribution in [-0.2, 0) is 4.79 Å². The van der Waals surface area contributed by atoms with E-state index in [9.17, 15) is 18.4 Å². The Labute approximate surface area is 108 Å². The molecule has 0 saturated carbocycles. The van der Waals surface area contributed by atoms with Crippen molar-refractivity contribution in [2.75, 3.05) is 13.7 Å². The van der Waals surface area contributed by atoms with Crippen LogP contribution < -0.4 is 10.1 Å². The second-order valence-electron chi connectivity index (χ2n) is 3.89. The second-order valence-corrected chi connectivity index (χ2v) is 3.89. The van der Waals surface area contributed by atoms with Gasteiger partial charge < -0.3 is 15.2 Å². The number of aliphatic carboxylic acids is 1. The third-order valence-electron chi connectivity index (χ3n) is 2.48. The van der Waals surface area contributed by atoms with Crippen molar-refractivity contribution in [1.29, 1.82) is 0 Å². The molecule has 1 amide bonds. The number of hydrogen-bond acceptors (Lipinski definition) is 3. The van der Waals surface area contributed by atoms with Crippen LogP contribution in [0.4, 0.5) is 8.78 Å². The topological polar surface area (TPSA) is 75.6 Å². The van der Waals surface area contributed by atoms with Crippen LogP contribution >= 0.6 is 0 Å². The molecule has 104 valence electrons. The van der Waals surface area contributed by atoms with Gasteiger partial charge >= 0.3 is 5.97 Å². The maximum atomic E-state index is 13.5. The molecule has 0 spiro atoms. The smallest absolute Gasteiger partial charge is 0.308 e. The SMILES string of the molecule is COc1c(F)ccc(F)c1C(=O)NCC(C)C(=O)O. The molecule has 0 saturated heterocycles. The first-order valence-electron chi connectivity index (χ1n) is 5.41. The van der Waals surface area contributed by atoms with Gasteiger partial charge in [0, 0.05) is 6.54 Å². The molecule has 19 heavy (non-hydrogen) atoms. The molecule has 0 aliphatic rings. The predicted molar refractivity (Wildman–Crippen MR) is 62.0 cm³/mol. The summed E-state index contributed by atoms with van der Waals surface area (Å²) >= 11 is 0. The third kappa shape index (κ3) is 3.40. The van der Waals surface area contributed by atoms with Crippen molar-refractivity contribution in [3.63, 3.8) is 0 Å². The van der Waals surface area contributed by atoms with Crippen LogP contribution in [0.25, 0.3) is 0 Å². The van der Waals surface area contributed by atoms with Crippen molar-refractivity contribution in [2.45, 2.75) is 6.92 Å². The zero-order valence-electron chi connectivity index (χ0n) is 10.4. The molecule has 5 nitrogen and oxygen atoms in total. The van der Waals surface area contributed by atoms with E-state index >= 15 is 0 Å². The summed E-state index contributed by atoms with van der Waals surface area (Å²) in [6.45, 7) is 1.18. The van der Waals surface area contributed by atoms with Gasteiger partial charge in [0.1, 0.15) is 11.4 Å². The summed E-state index contributed by atoms with van der Waals surface area (Å²) in [5.41, 5.74) is -0.583.